The minimum atomic E-state index is -0.524. The van der Waals surface area contributed by atoms with Crippen LogP contribution >= 0.6 is 0 Å². The van der Waals surface area contributed by atoms with Crippen LogP contribution in [0.15, 0.2) is 29.1 Å². The van der Waals surface area contributed by atoms with E-state index in [1.54, 1.807) is 4.90 Å². The smallest absolute Gasteiger partial charge is 0.270 e. The number of carbonyl (C=O) groups excluding carboxylic acids is 2. The molecule has 0 radical (unpaired) electrons. The van der Waals surface area contributed by atoms with Gasteiger partial charge in [0, 0.05) is 61.7 Å². The highest BCUT2D eigenvalue weighted by molar-refractivity contribution is 6.06. The van der Waals surface area contributed by atoms with Crippen LogP contribution in [0.4, 0.5) is 5.69 Å². The van der Waals surface area contributed by atoms with Gasteiger partial charge >= 0.3 is 0 Å². The first kappa shape index (κ1) is 22.5. The predicted molar refractivity (Wildman–Crippen MR) is 117 cm³/mol. The molecule has 0 atom stereocenters. The van der Waals surface area contributed by atoms with Crippen LogP contribution in [0.1, 0.15) is 49.9 Å². The van der Waals surface area contributed by atoms with Gasteiger partial charge in [-0.15, -0.1) is 0 Å². The van der Waals surface area contributed by atoms with Gasteiger partial charge < -0.3 is 14.8 Å². The summed E-state index contributed by atoms with van der Waals surface area (Å²) in [4.78, 5) is 54.1. The molecule has 2 heterocycles. The van der Waals surface area contributed by atoms with Gasteiger partial charge in [-0.2, -0.15) is 0 Å². The molecule has 9 nitrogen and oxygen atoms in total. The van der Waals surface area contributed by atoms with Crippen LogP contribution in [0, 0.1) is 16.0 Å². The molecule has 0 spiro atoms. The highest BCUT2D eigenvalue weighted by atomic mass is 16.6. The number of carbonyl (C=O) groups is 2. The maximum atomic E-state index is 13.1. The number of nitrogens with one attached hydrogen (secondary N) is 1. The van der Waals surface area contributed by atoms with E-state index in [0.717, 1.165) is 19.3 Å². The van der Waals surface area contributed by atoms with E-state index in [4.69, 9.17) is 0 Å². The number of pyridine rings is 1. The van der Waals surface area contributed by atoms with Gasteiger partial charge in [0.05, 0.1) is 10.5 Å². The summed E-state index contributed by atoms with van der Waals surface area (Å²) in [5.41, 5.74) is 0.0172. The van der Waals surface area contributed by atoms with Gasteiger partial charge in [-0.25, -0.2) is 0 Å². The minimum absolute atomic E-state index is 0.134. The number of aromatic amines is 1. The van der Waals surface area contributed by atoms with E-state index in [-0.39, 0.29) is 23.1 Å². The van der Waals surface area contributed by atoms with E-state index in [2.05, 4.69) is 4.98 Å². The largest absolute Gasteiger partial charge is 0.343 e. The number of amides is 2. The molecule has 1 fully saturated rings. The Kier molecular flexibility index (Phi) is 7.04. The number of H-pyrrole nitrogens is 1. The molecule has 0 bridgehead atoms. The maximum absolute atomic E-state index is 13.1. The summed E-state index contributed by atoms with van der Waals surface area (Å²) in [5.74, 6) is 0.245. The number of benzene rings is 1. The Morgan fingerprint density at radius 2 is 1.87 bits per heavy atom. The van der Waals surface area contributed by atoms with Crippen molar-refractivity contribution in [1.29, 1.82) is 0 Å². The minimum Gasteiger partial charge on any atom is -0.343 e. The number of nitro groups is 1. The Hall–Kier alpha value is -3.23. The Morgan fingerprint density at radius 3 is 2.48 bits per heavy atom. The fourth-order valence-electron chi connectivity index (χ4n) is 4.19. The molecule has 1 saturated heterocycles. The molecule has 31 heavy (non-hydrogen) atoms. The van der Waals surface area contributed by atoms with E-state index in [1.165, 1.54) is 24.3 Å². The lowest BCUT2D eigenvalue weighted by Crippen LogP contribution is -2.39. The number of rotatable bonds is 7. The summed E-state index contributed by atoms with van der Waals surface area (Å²) in [6.45, 7) is 6.44. The lowest BCUT2D eigenvalue weighted by Gasteiger charge is -2.32. The average molecular weight is 428 g/mol. The molecule has 1 N–H and O–H groups in total. The van der Waals surface area contributed by atoms with Crippen LogP contribution in [-0.4, -0.2) is 57.7 Å². The van der Waals surface area contributed by atoms with Crippen molar-refractivity contribution in [3.63, 3.8) is 0 Å². The first-order valence-corrected chi connectivity index (χ1v) is 10.7. The van der Waals surface area contributed by atoms with E-state index < -0.39 is 10.5 Å². The van der Waals surface area contributed by atoms with Crippen LogP contribution < -0.4 is 5.56 Å². The molecular formula is C22H28N4O5. The predicted octanol–water partition coefficient (Wildman–Crippen LogP) is 2.94. The van der Waals surface area contributed by atoms with Crippen LogP contribution in [0.25, 0.3) is 10.9 Å². The zero-order chi connectivity index (χ0) is 22.5. The van der Waals surface area contributed by atoms with Crippen LogP contribution in [0.3, 0.4) is 0 Å². The molecule has 1 aromatic heterocycles. The molecule has 0 aliphatic carbocycles. The molecule has 1 aliphatic heterocycles. The average Bonchev–Trinajstić information content (AvgIpc) is 2.77. The number of piperidine rings is 1. The Labute approximate surface area is 180 Å². The number of nitrogens with zero attached hydrogens (tertiary/aromatic N) is 3. The molecule has 3 rings (SSSR count). The SMILES string of the molecule is CCN(CC)C(=O)CCC1CCN(C(=O)c2cc(=O)[nH]c3ccc([N+](=O)[O-])cc23)CC1. The molecule has 1 aromatic carbocycles. The quantitative estimate of drug-likeness (QED) is 0.538. The van der Waals surface area contributed by atoms with Crippen molar-refractivity contribution >= 4 is 28.4 Å². The van der Waals surface area contributed by atoms with Crippen molar-refractivity contribution in [2.75, 3.05) is 26.2 Å². The third kappa shape index (κ3) is 5.10. The number of non-ortho nitro benzene ring substituents is 1. The van der Waals surface area contributed by atoms with Crippen LogP contribution in [-0.2, 0) is 4.79 Å². The first-order valence-electron chi connectivity index (χ1n) is 10.7. The molecular weight excluding hydrogens is 400 g/mol. The second-order valence-electron chi connectivity index (χ2n) is 7.87. The van der Waals surface area contributed by atoms with Crippen molar-refractivity contribution < 1.29 is 14.5 Å². The molecule has 2 amide bonds. The van der Waals surface area contributed by atoms with Gasteiger partial charge in [-0.05, 0) is 45.1 Å². The maximum Gasteiger partial charge on any atom is 0.270 e. The highest BCUT2D eigenvalue weighted by Crippen LogP contribution is 2.26. The van der Waals surface area contributed by atoms with Gasteiger partial charge in [0.25, 0.3) is 11.6 Å². The highest BCUT2D eigenvalue weighted by Gasteiger charge is 2.26. The summed E-state index contributed by atoms with van der Waals surface area (Å²) in [6.07, 6.45) is 2.90. The number of hydrogen-bond donors (Lipinski definition) is 1. The van der Waals surface area contributed by atoms with Gasteiger partial charge in [-0.1, -0.05) is 0 Å². The third-order valence-corrected chi connectivity index (χ3v) is 6.05. The molecule has 1 aliphatic rings. The van der Waals surface area contributed by atoms with Crippen molar-refractivity contribution in [3.05, 3.63) is 50.3 Å². The number of hydrogen-bond acceptors (Lipinski definition) is 5. The van der Waals surface area contributed by atoms with Crippen molar-refractivity contribution in [1.82, 2.24) is 14.8 Å². The van der Waals surface area contributed by atoms with E-state index in [1.807, 2.05) is 18.7 Å². The second-order valence-corrected chi connectivity index (χ2v) is 7.87. The summed E-state index contributed by atoms with van der Waals surface area (Å²) < 4.78 is 0. The number of nitro benzene ring substituents is 1. The third-order valence-electron chi connectivity index (χ3n) is 6.05. The normalized spacial score (nSPS) is 14.6. The summed E-state index contributed by atoms with van der Waals surface area (Å²) in [5, 5.41) is 11.5. The van der Waals surface area contributed by atoms with Crippen molar-refractivity contribution in [2.24, 2.45) is 5.92 Å². The lowest BCUT2D eigenvalue weighted by atomic mass is 9.91. The van der Waals surface area contributed by atoms with Gasteiger partial charge in [-0.3, -0.25) is 24.5 Å². The molecule has 0 saturated carbocycles. The topological polar surface area (TPSA) is 117 Å². The Bertz CT molecular complexity index is 1040. The van der Waals surface area contributed by atoms with Gasteiger partial charge in [0.1, 0.15) is 0 Å². The Morgan fingerprint density at radius 1 is 1.19 bits per heavy atom. The zero-order valence-corrected chi connectivity index (χ0v) is 17.9. The molecule has 0 unspecified atom stereocenters. The standard InChI is InChI=1S/C22H28N4O5/c1-3-24(4-2)21(28)8-5-15-9-11-25(12-10-15)22(29)18-14-20(27)23-19-7-6-16(26(30)31)13-17(18)19/h6-7,13-15H,3-5,8-12H2,1-2H3,(H,23,27). The first-order chi connectivity index (χ1) is 14.8. The van der Waals surface area contributed by atoms with Gasteiger partial charge in [0.15, 0.2) is 0 Å². The number of aromatic nitrogens is 1. The fraction of sp³-hybridized carbons (Fsp3) is 0.500. The summed E-state index contributed by atoms with van der Waals surface area (Å²) in [7, 11) is 0. The Balaban J connectivity index is 1.69. The van der Waals surface area contributed by atoms with E-state index in [0.29, 0.717) is 49.4 Å². The van der Waals surface area contributed by atoms with Crippen LogP contribution in [0.2, 0.25) is 0 Å². The lowest BCUT2D eigenvalue weighted by molar-refractivity contribution is -0.384. The number of likely N-dealkylation sites (tertiary alicyclic amines) is 1. The second kappa shape index (κ2) is 9.72. The monoisotopic (exact) mass is 428 g/mol. The van der Waals surface area contributed by atoms with Gasteiger partial charge in [0.2, 0.25) is 11.5 Å². The van der Waals surface area contributed by atoms with Crippen molar-refractivity contribution in [3.8, 4) is 0 Å². The van der Waals surface area contributed by atoms with Crippen molar-refractivity contribution in [2.45, 2.75) is 39.5 Å². The molecule has 9 heteroatoms. The van der Waals surface area contributed by atoms with E-state index in [9.17, 15) is 24.5 Å². The summed E-state index contributed by atoms with van der Waals surface area (Å²) in [6, 6.07) is 5.29. The van der Waals surface area contributed by atoms with Crippen LogP contribution in [0.5, 0.6) is 0 Å². The molecule has 166 valence electrons. The fourth-order valence-corrected chi connectivity index (χ4v) is 4.19. The molecule has 2 aromatic rings. The van der Waals surface area contributed by atoms with E-state index >= 15 is 0 Å². The number of fused-ring (bicyclic) bond motifs is 1. The summed E-state index contributed by atoms with van der Waals surface area (Å²) >= 11 is 0. The zero-order valence-electron chi connectivity index (χ0n) is 17.9.